The average Bonchev–Trinajstić information content (AvgIpc) is 2.67. The minimum atomic E-state index is -0.409. The number of nitro groups is 1. The maximum atomic E-state index is 11.7. The lowest BCUT2D eigenvalue weighted by atomic mass is 9.97. The van der Waals surface area contributed by atoms with Gasteiger partial charge in [-0.2, -0.15) is 0 Å². The van der Waals surface area contributed by atoms with Crippen LogP contribution in [0.3, 0.4) is 0 Å². The zero-order chi connectivity index (χ0) is 19.8. The van der Waals surface area contributed by atoms with Crippen LogP contribution in [0.15, 0.2) is 29.3 Å². The van der Waals surface area contributed by atoms with E-state index in [2.05, 4.69) is 24.1 Å². The summed E-state index contributed by atoms with van der Waals surface area (Å²) in [5, 5.41) is 14.2. The van der Waals surface area contributed by atoms with E-state index in [1.807, 2.05) is 0 Å². The molecule has 1 saturated heterocycles. The summed E-state index contributed by atoms with van der Waals surface area (Å²) in [5.41, 5.74) is 0.986. The number of rotatable bonds is 6. The highest BCUT2D eigenvalue weighted by molar-refractivity contribution is 14.0. The summed E-state index contributed by atoms with van der Waals surface area (Å²) in [6.07, 6.45) is 1.49. The van der Waals surface area contributed by atoms with Gasteiger partial charge in [-0.15, -0.1) is 24.0 Å². The molecule has 0 amide bonds. The monoisotopic (exact) mass is 504 g/mol. The number of esters is 1. The Morgan fingerprint density at radius 3 is 2.43 bits per heavy atom. The van der Waals surface area contributed by atoms with Gasteiger partial charge in [0.1, 0.15) is 0 Å². The number of halogens is 1. The Labute approximate surface area is 182 Å². The second-order valence-corrected chi connectivity index (χ2v) is 7.12. The number of guanidine groups is 1. The summed E-state index contributed by atoms with van der Waals surface area (Å²) in [7, 11) is 1.43. The van der Waals surface area contributed by atoms with Crippen LogP contribution in [0.25, 0.3) is 0 Å². The number of aliphatic imine (C=N–C) groups is 1. The average molecular weight is 504 g/mol. The second-order valence-electron chi connectivity index (χ2n) is 7.12. The van der Waals surface area contributed by atoms with Crippen LogP contribution in [0, 0.1) is 22.0 Å². The lowest BCUT2D eigenvalue weighted by Crippen LogP contribution is -2.47. The number of benzene rings is 1. The van der Waals surface area contributed by atoms with Crippen molar-refractivity contribution in [1.29, 1.82) is 0 Å². The third-order valence-corrected chi connectivity index (χ3v) is 4.56. The number of carbonyl (C=O) groups excluding carboxylic acids is 1. The van der Waals surface area contributed by atoms with E-state index in [0.717, 1.165) is 44.0 Å². The number of ether oxygens (including phenoxy) is 1. The number of carbonyl (C=O) groups is 1. The molecule has 2 rings (SSSR count). The normalized spacial score (nSPS) is 15.1. The van der Waals surface area contributed by atoms with E-state index in [4.69, 9.17) is 9.73 Å². The van der Waals surface area contributed by atoms with Gasteiger partial charge in [0.25, 0.3) is 5.69 Å². The molecule has 1 aliphatic heterocycles. The van der Waals surface area contributed by atoms with Crippen molar-refractivity contribution >= 4 is 41.6 Å². The summed E-state index contributed by atoms with van der Waals surface area (Å²) in [5.74, 6) is 1.09. The number of likely N-dealkylation sites (tertiary alicyclic amines) is 1. The van der Waals surface area contributed by atoms with Gasteiger partial charge in [-0.25, -0.2) is 4.99 Å². The molecular formula is C19H29IN4O4. The van der Waals surface area contributed by atoms with E-state index < -0.39 is 4.92 Å². The Balaban J connectivity index is 0.00000392. The topological polar surface area (TPSA) is 97.1 Å². The van der Waals surface area contributed by atoms with Crippen LogP contribution in [0.5, 0.6) is 0 Å². The van der Waals surface area contributed by atoms with Gasteiger partial charge in [0.05, 0.1) is 24.5 Å². The fourth-order valence-electron chi connectivity index (χ4n) is 2.95. The first-order valence-corrected chi connectivity index (χ1v) is 9.25. The maximum Gasteiger partial charge on any atom is 0.308 e. The highest BCUT2D eigenvalue weighted by atomic mass is 127. The van der Waals surface area contributed by atoms with Gasteiger partial charge in [-0.05, 0) is 24.3 Å². The van der Waals surface area contributed by atoms with Gasteiger partial charge in [-0.1, -0.05) is 26.0 Å². The fraction of sp³-hybridized carbons (Fsp3) is 0.579. The smallest absolute Gasteiger partial charge is 0.308 e. The van der Waals surface area contributed by atoms with Crippen LogP contribution in [0.2, 0.25) is 0 Å². The van der Waals surface area contributed by atoms with Crippen LogP contribution in [0.4, 0.5) is 5.69 Å². The Hall–Kier alpha value is -1.91. The van der Waals surface area contributed by atoms with Gasteiger partial charge < -0.3 is 15.0 Å². The molecule has 0 saturated carbocycles. The number of nitrogens with zero attached hydrogens (tertiary/aromatic N) is 3. The minimum Gasteiger partial charge on any atom is -0.469 e. The molecule has 9 heteroatoms. The molecule has 0 aromatic heterocycles. The summed E-state index contributed by atoms with van der Waals surface area (Å²) in [6, 6.07) is 6.44. The molecule has 0 atom stereocenters. The third-order valence-electron chi connectivity index (χ3n) is 4.56. The van der Waals surface area contributed by atoms with E-state index in [9.17, 15) is 14.9 Å². The quantitative estimate of drug-likeness (QED) is 0.160. The first kappa shape index (κ1) is 24.1. The van der Waals surface area contributed by atoms with E-state index in [-0.39, 0.29) is 41.6 Å². The van der Waals surface area contributed by atoms with E-state index in [1.54, 1.807) is 12.1 Å². The number of hydrogen-bond acceptors (Lipinski definition) is 5. The number of hydrogen-bond donors (Lipinski definition) is 1. The van der Waals surface area contributed by atoms with Gasteiger partial charge in [0.2, 0.25) is 0 Å². The van der Waals surface area contributed by atoms with E-state index >= 15 is 0 Å². The summed E-state index contributed by atoms with van der Waals surface area (Å²) >= 11 is 0. The molecule has 1 aromatic rings. The summed E-state index contributed by atoms with van der Waals surface area (Å²) < 4.78 is 4.84. The zero-order valence-corrected chi connectivity index (χ0v) is 18.9. The van der Waals surface area contributed by atoms with Crippen molar-refractivity contribution in [2.45, 2.75) is 33.2 Å². The van der Waals surface area contributed by atoms with Crippen LogP contribution in [-0.2, 0) is 16.1 Å². The van der Waals surface area contributed by atoms with Crippen molar-refractivity contribution < 1.29 is 14.5 Å². The predicted molar refractivity (Wildman–Crippen MR) is 119 cm³/mol. The maximum absolute atomic E-state index is 11.7. The van der Waals surface area contributed by atoms with Crippen LogP contribution in [0.1, 0.15) is 32.3 Å². The van der Waals surface area contributed by atoms with E-state index in [0.29, 0.717) is 12.5 Å². The number of non-ortho nitro benzene ring substituents is 1. The summed E-state index contributed by atoms with van der Waals surface area (Å²) in [4.78, 5) is 28.9. The Morgan fingerprint density at radius 1 is 1.32 bits per heavy atom. The summed E-state index contributed by atoms with van der Waals surface area (Å²) in [6.45, 7) is 6.98. The number of nitrogens with one attached hydrogen (secondary N) is 1. The van der Waals surface area contributed by atoms with Crippen molar-refractivity contribution in [3.63, 3.8) is 0 Å². The molecule has 1 heterocycles. The molecule has 156 valence electrons. The van der Waals surface area contributed by atoms with Crippen LogP contribution < -0.4 is 5.32 Å². The van der Waals surface area contributed by atoms with Gasteiger partial charge >= 0.3 is 5.97 Å². The molecule has 0 spiro atoms. The molecule has 0 radical (unpaired) electrons. The predicted octanol–water partition coefficient (Wildman–Crippen LogP) is 3.20. The molecule has 28 heavy (non-hydrogen) atoms. The molecule has 1 aromatic carbocycles. The van der Waals surface area contributed by atoms with Crippen molar-refractivity contribution in [2.75, 3.05) is 26.7 Å². The highest BCUT2D eigenvalue weighted by Gasteiger charge is 2.27. The van der Waals surface area contributed by atoms with Crippen molar-refractivity contribution in [1.82, 2.24) is 10.2 Å². The molecule has 0 bridgehead atoms. The lowest BCUT2D eigenvalue weighted by Gasteiger charge is -2.33. The number of nitro benzene ring substituents is 1. The number of piperidine rings is 1. The second kappa shape index (κ2) is 11.8. The van der Waals surface area contributed by atoms with Gasteiger partial charge in [0, 0.05) is 31.8 Å². The highest BCUT2D eigenvalue weighted by Crippen LogP contribution is 2.19. The van der Waals surface area contributed by atoms with Crippen molar-refractivity contribution in [2.24, 2.45) is 16.8 Å². The molecule has 0 aliphatic carbocycles. The third kappa shape index (κ3) is 7.25. The molecule has 1 aliphatic rings. The van der Waals surface area contributed by atoms with Gasteiger partial charge in [-0.3, -0.25) is 14.9 Å². The minimum absolute atomic E-state index is 0. The first-order chi connectivity index (χ1) is 12.9. The number of methoxy groups -OCH3 is 1. The van der Waals surface area contributed by atoms with Crippen molar-refractivity contribution in [3.8, 4) is 0 Å². The standard InChI is InChI=1S/C19H28N4O4.HI/c1-14(2)12-20-19(22-10-8-16(9-11-22)18(24)27-3)21-13-15-4-6-17(7-5-15)23(25)26;/h4-7,14,16H,8-13H2,1-3H3,(H,20,21);1H. The molecule has 0 unspecified atom stereocenters. The molecular weight excluding hydrogens is 475 g/mol. The fourth-order valence-corrected chi connectivity index (χ4v) is 2.95. The lowest BCUT2D eigenvalue weighted by molar-refractivity contribution is -0.384. The van der Waals surface area contributed by atoms with E-state index in [1.165, 1.54) is 19.2 Å². The van der Waals surface area contributed by atoms with Crippen LogP contribution >= 0.6 is 24.0 Å². The Bertz CT molecular complexity index is 671. The van der Waals surface area contributed by atoms with Crippen molar-refractivity contribution in [3.05, 3.63) is 39.9 Å². The largest absolute Gasteiger partial charge is 0.469 e. The van der Waals surface area contributed by atoms with Gasteiger partial charge in [0.15, 0.2) is 5.96 Å². The molecule has 1 N–H and O–H groups in total. The Morgan fingerprint density at radius 2 is 1.93 bits per heavy atom. The SMILES string of the molecule is COC(=O)C1CCN(C(=NCc2ccc([N+](=O)[O-])cc2)NCC(C)C)CC1.I. The zero-order valence-electron chi connectivity index (χ0n) is 16.6. The first-order valence-electron chi connectivity index (χ1n) is 9.25. The Kier molecular flexibility index (Phi) is 10.2. The van der Waals surface area contributed by atoms with Crippen LogP contribution in [-0.4, -0.2) is 48.5 Å². The molecule has 1 fully saturated rings. The molecule has 8 nitrogen and oxygen atoms in total.